The van der Waals surface area contributed by atoms with E-state index in [2.05, 4.69) is 9.97 Å². The van der Waals surface area contributed by atoms with Crippen molar-refractivity contribution >= 4 is 11.0 Å². The van der Waals surface area contributed by atoms with Crippen molar-refractivity contribution in [2.45, 2.75) is 19.9 Å². The molecular formula is C23H21F2N3O2. The summed E-state index contributed by atoms with van der Waals surface area (Å²) in [4.78, 5) is 18.7. The van der Waals surface area contributed by atoms with Gasteiger partial charge in [0.15, 0.2) is 0 Å². The predicted octanol–water partition coefficient (Wildman–Crippen LogP) is 4.22. The number of pyridine rings is 1. The van der Waals surface area contributed by atoms with E-state index in [9.17, 15) is 13.6 Å². The van der Waals surface area contributed by atoms with Gasteiger partial charge in [-0.3, -0.25) is 4.79 Å². The molecule has 0 radical (unpaired) electrons. The zero-order chi connectivity index (χ0) is 21.3. The lowest BCUT2D eigenvalue weighted by atomic mass is 10.0. The summed E-state index contributed by atoms with van der Waals surface area (Å²) < 4.78 is 36.8. The summed E-state index contributed by atoms with van der Waals surface area (Å²) in [5.74, 6) is -0.534. The lowest BCUT2D eigenvalue weighted by molar-refractivity contribution is 0.187. The normalized spacial score (nSPS) is 11.3. The van der Waals surface area contributed by atoms with Gasteiger partial charge in [0.2, 0.25) is 5.56 Å². The molecule has 0 bridgehead atoms. The van der Waals surface area contributed by atoms with Crippen LogP contribution in [0.15, 0.2) is 53.3 Å². The van der Waals surface area contributed by atoms with Crippen LogP contribution >= 0.6 is 0 Å². The summed E-state index contributed by atoms with van der Waals surface area (Å²) in [5, 5.41) is 0. The summed E-state index contributed by atoms with van der Waals surface area (Å²) in [6.45, 7) is 3.03. The molecule has 0 aliphatic heterocycles. The van der Waals surface area contributed by atoms with Gasteiger partial charge in [-0.1, -0.05) is 12.1 Å². The van der Waals surface area contributed by atoms with E-state index in [4.69, 9.17) is 4.74 Å². The van der Waals surface area contributed by atoms with Crippen molar-refractivity contribution in [1.29, 1.82) is 0 Å². The summed E-state index contributed by atoms with van der Waals surface area (Å²) in [6, 6.07) is 12.5. The number of H-pyrrole nitrogens is 1. The standard InChI is InChI=1S/C23H21F2N3O2/c1-14-6-7-20-21(10-14)28(8-9-30-2)22(26-20)12-15-11-18(25)16(13-17(15)24)19-4-3-5-23(29)27-19/h3-7,10-11,13H,8-9,12H2,1-2H3,(H,27,29). The second-order valence-electron chi connectivity index (χ2n) is 7.19. The third-order valence-electron chi connectivity index (χ3n) is 5.04. The van der Waals surface area contributed by atoms with Crippen LogP contribution in [-0.4, -0.2) is 28.3 Å². The number of nitrogens with zero attached hydrogens (tertiary/aromatic N) is 2. The van der Waals surface area contributed by atoms with Gasteiger partial charge in [-0.2, -0.15) is 0 Å². The monoisotopic (exact) mass is 409 g/mol. The quantitative estimate of drug-likeness (QED) is 0.519. The molecule has 0 aliphatic carbocycles. The summed E-state index contributed by atoms with van der Waals surface area (Å²) >= 11 is 0. The minimum Gasteiger partial charge on any atom is -0.383 e. The van der Waals surface area contributed by atoms with Crippen LogP contribution in [0.2, 0.25) is 0 Å². The molecule has 4 aromatic rings. The third-order valence-corrected chi connectivity index (χ3v) is 5.04. The molecule has 0 saturated heterocycles. The van der Waals surface area contributed by atoms with Crippen molar-refractivity contribution in [3.8, 4) is 11.3 Å². The van der Waals surface area contributed by atoms with Crippen molar-refractivity contribution in [1.82, 2.24) is 14.5 Å². The van der Waals surface area contributed by atoms with Gasteiger partial charge in [-0.25, -0.2) is 13.8 Å². The molecule has 4 rings (SSSR count). The average molecular weight is 409 g/mol. The second-order valence-corrected chi connectivity index (χ2v) is 7.19. The van der Waals surface area contributed by atoms with Gasteiger partial charge < -0.3 is 14.3 Å². The Bertz CT molecular complexity index is 1280. The minimum absolute atomic E-state index is 0.0115. The number of fused-ring (bicyclic) bond motifs is 1. The van der Waals surface area contributed by atoms with E-state index < -0.39 is 11.6 Å². The Labute approximate surface area is 172 Å². The molecule has 0 spiro atoms. The Hall–Kier alpha value is -3.32. The Morgan fingerprint density at radius 1 is 1.10 bits per heavy atom. The fraction of sp³-hybridized carbons (Fsp3) is 0.217. The Balaban J connectivity index is 1.75. The Morgan fingerprint density at radius 3 is 2.70 bits per heavy atom. The summed E-state index contributed by atoms with van der Waals surface area (Å²) in [6.07, 6.45) is 0.131. The van der Waals surface area contributed by atoms with Gasteiger partial charge in [0.05, 0.1) is 23.3 Å². The molecule has 0 saturated carbocycles. The van der Waals surface area contributed by atoms with Crippen molar-refractivity contribution < 1.29 is 13.5 Å². The van der Waals surface area contributed by atoms with E-state index in [1.807, 2.05) is 29.7 Å². The molecule has 0 unspecified atom stereocenters. The van der Waals surface area contributed by atoms with Crippen molar-refractivity contribution in [3.05, 3.63) is 87.5 Å². The van der Waals surface area contributed by atoms with Crippen LogP contribution in [0.1, 0.15) is 17.0 Å². The second kappa shape index (κ2) is 8.20. The zero-order valence-electron chi connectivity index (χ0n) is 16.7. The van der Waals surface area contributed by atoms with Gasteiger partial charge in [0.1, 0.15) is 17.5 Å². The fourth-order valence-electron chi connectivity index (χ4n) is 3.55. The number of nitrogens with one attached hydrogen (secondary N) is 1. The number of methoxy groups -OCH3 is 1. The van der Waals surface area contributed by atoms with Crippen molar-refractivity contribution in [2.24, 2.45) is 0 Å². The maximum Gasteiger partial charge on any atom is 0.248 e. The average Bonchev–Trinajstić information content (AvgIpc) is 3.05. The van der Waals surface area contributed by atoms with E-state index >= 15 is 0 Å². The summed E-state index contributed by atoms with van der Waals surface area (Å²) in [5.41, 5.74) is 2.88. The van der Waals surface area contributed by atoms with Gasteiger partial charge in [0, 0.05) is 31.7 Å². The summed E-state index contributed by atoms with van der Waals surface area (Å²) in [7, 11) is 1.62. The number of imidazole rings is 1. The Kier molecular flexibility index (Phi) is 5.46. The number of hydrogen-bond donors (Lipinski definition) is 1. The molecular weight excluding hydrogens is 388 g/mol. The van der Waals surface area contributed by atoms with Crippen LogP contribution < -0.4 is 5.56 Å². The van der Waals surface area contributed by atoms with Crippen LogP contribution in [-0.2, 0) is 17.7 Å². The molecule has 0 atom stereocenters. The molecule has 7 heteroatoms. The van der Waals surface area contributed by atoms with Gasteiger partial charge in [0.25, 0.3) is 0 Å². The van der Waals surface area contributed by atoms with Crippen molar-refractivity contribution in [3.63, 3.8) is 0 Å². The number of benzene rings is 2. The van der Waals surface area contributed by atoms with Crippen LogP contribution in [0.25, 0.3) is 22.3 Å². The van der Waals surface area contributed by atoms with Crippen LogP contribution in [0.4, 0.5) is 8.78 Å². The maximum atomic E-state index is 14.9. The SMILES string of the molecule is COCCn1c(Cc2cc(F)c(-c3cccc(=O)[nH]3)cc2F)nc2ccc(C)cc21. The molecule has 1 N–H and O–H groups in total. The lowest BCUT2D eigenvalue weighted by Crippen LogP contribution is -2.10. The molecule has 0 amide bonds. The number of aromatic amines is 1. The molecule has 154 valence electrons. The third kappa shape index (κ3) is 3.89. The van der Waals surface area contributed by atoms with E-state index in [0.29, 0.717) is 19.0 Å². The number of halogens is 2. The minimum atomic E-state index is -0.608. The van der Waals surface area contributed by atoms with Gasteiger partial charge >= 0.3 is 0 Å². The van der Waals surface area contributed by atoms with Crippen LogP contribution in [0, 0.1) is 18.6 Å². The van der Waals surface area contributed by atoms with Crippen molar-refractivity contribution in [2.75, 3.05) is 13.7 Å². The smallest absolute Gasteiger partial charge is 0.248 e. The predicted molar refractivity (Wildman–Crippen MR) is 112 cm³/mol. The molecule has 2 aromatic heterocycles. The number of aryl methyl sites for hydroxylation is 1. The van der Waals surface area contributed by atoms with E-state index in [0.717, 1.165) is 22.7 Å². The fourth-order valence-corrected chi connectivity index (χ4v) is 3.55. The van der Waals surface area contributed by atoms with Gasteiger partial charge in [-0.15, -0.1) is 0 Å². The first kappa shape index (κ1) is 20.0. The van der Waals surface area contributed by atoms with E-state index in [1.54, 1.807) is 7.11 Å². The van der Waals surface area contributed by atoms with Crippen LogP contribution in [0.3, 0.4) is 0 Å². The highest BCUT2D eigenvalue weighted by atomic mass is 19.1. The highest BCUT2D eigenvalue weighted by Crippen LogP contribution is 2.26. The van der Waals surface area contributed by atoms with E-state index in [-0.39, 0.29) is 28.8 Å². The lowest BCUT2D eigenvalue weighted by Gasteiger charge is -2.11. The van der Waals surface area contributed by atoms with Gasteiger partial charge in [-0.05, 0) is 48.4 Å². The van der Waals surface area contributed by atoms with Crippen LogP contribution in [0.5, 0.6) is 0 Å². The number of hydrogen-bond acceptors (Lipinski definition) is 3. The topological polar surface area (TPSA) is 59.9 Å². The number of aromatic nitrogens is 3. The molecule has 2 heterocycles. The zero-order valence-corrected chi connectivity index (χ0v) is 16.7. The number of rotatable bonds is 6. The first-order chi connectivity index (χ1) is 14.5. The Morgan fingerprint density at radius 2 is 1.93 bits per heavy atom. The first-order valence-corrected chi connectivity index (χ1v) is 9.58. The highest BCUT2D eigenvalue weighted by Gasteiger charge is 2.17. The largest absolute Gasteiger partial charge is 0.383 e. The van der Waals surface area contributed by atoms with E-state index in [1.165, 1.54) is 24.3 Å². The molecule has 2 aromatic carbocycles. The number of ether oxygens (including phenoxy) is 1. The molecule has 5 nitrogen and oxygen atoms in total. The molecule has 0 aliphatic rings. The highest BCUT2D eigenvalue weighted by molar-refractivity contribution is 5.77. The maximum absolute atomic E-state index is 14.9. The first-order valence-electron chi connectivity index (χ1n) is 9.58. The molecule has 30 heavy (non-hydrogen) atoms. The molecule has 0 fully saturated rings.